The van der Waals surface area contributed by atoms with Gasteiger partial charge in [-0.1, -0.05) is 6.07 Å². The number of hydrogen-bond acceptors (Lipinski definition) is 5. The van der Waals surface area contributed by atoms with E-state index in [0.29, 0.717) is 31.9 Å². The fraction of sp³-hybridized carbons (Fsp3) is 0.400. The lowest BCUT2D eigenvalue weighted by Gasteiger charge is -2.53. The van der Waals surface area contributed by atoms with E-state index in [-0.39, 0.29) is 23.4 Å². The van der Waals surface area contributed by atoms with Crippen LogP contribution in [0.2, 0.25) is 0 Å². The second kappa shape index (κ2) is 7.05. The van der Waals surface area contributed by atoms with E-state index in [1.165, 1.54) is 6.07 Å². The third-order valence-corrected chi connectivity index (χ3v) is 5.02. The molecule has 3 heterocycles. The number of aromatic hydroxyl groups is 1. The molecule has 1 spiro atoms. The third-order valence-electron chi connectivity index (χ3n) is 5.02. The van der Waals surface area contributed by atoms with E-state index in [0.717, 1.165) is 18.4 Å². The maximum Gasteiger partial charge on any atom is 0.254 e. The number of carbonyl (C=O) groups excluding carboxylic acids is 1. The van der Waals surface area contributed by atoms with Gasteiger partial charge < -0.3 is 19.5 Å². The summed E-state index contributed by atoms with van der Waals surface area (Å²) in [7, 11) is 0. The first-order valence-corrected chi connectivity index (χ1v) is 8.86. The number of carbonyl (C=O) groups is 1. The first kappa shape index (κ1) is 17.0. The Morgan fingerprint density at radius 1 is 1.31 bits per heavy atom. The predicted octanol–water partition coefficient (Wildman–Crippen LogP) is 2.38. The van der Waals surface area contributed by atoms with Crippen LogP contribution in [0.25, 0.3) is 0 Å². The van der Waals surface area contributed by atoms with E-state index in [1.54, 1.807) is 35.5 Å². The van der Waals surface area contributed by atoms with Crippen LogP contribution in [0, 0.1) is 0 Å². The number of phenols is 1. The molecule has 2 aliphatic rings. The number of hydrogen-bond donors (Lipinski definition) is 1. The first-order chi connectivity index (χ1) is 12.6. The molecule has 6 nitrogen and oxygen atoms in total. The summed E-state index contributed by atoms with van der Waals surface area (Å²) in [5, 5.41) is 9.55. The van der Waals surface area contributed by atoms with E-state index in [2.05, 4.69) is 4.98 Å². The average molecular weight is 354 g/mol. The van der Waals surface area contributed by atoms with Gasteiger partial charge in [0.1, 0.15) is 11.4 Å². The van der Waals surface area contributed by atoms with E-state index in [9.17, 15) is 9.90 Å². The van der Waals surface area contributed by atoms with Crippen LogP contribution in [-0.2, 0) is 16.1 Å². The highest BCUT2D eigenvalue weighted by Gasteiger charge is 2.49. The van der Waals surface area contributed by atoms with Crippen LogP contribution in [0.1, 0.15) is 28.8 Å². The molecular weight excluding hydrogens is 332 g/mol. The molecule has 1 amide bonds. The van der Waals surface area contributed by atoms with E-state index >= 15 is 0 Å². The van der Waals surface area contributed by atoms with Gasteiger partial charge in [0, 0.05) is 31.0 Å². The average Bonchev–Trinajstić information content (AvgIpc) is 2.65. The van der Waals surface area contributed by atoms with Crippen molar-refractivity contribution in [1.29, 1.82) is 0 Å². The molecule has 1 aromatic heterocycles. The maximum atomic E-state index is 12.5. The number of rotatable bonds is 4. The second-order valence-corrected chi connectivity index (χ2v) is 7.02. The Hall–Kier alpha value is -2.44. The molecule has 0 saturated carbocycles. The molecule has 2 saturated heterocycles. The summed E-state index contributed by atoms with van der Waals surface area (Å²) < 4.78 is 12.0. The fourth-order valence-corrected chi connectivity index (χ4v) is 3.65. The largest absolute Gasteiger partial charge is 0.508 e. The second-order valence-electron chi connectivity index (χ2n) is 7.02. The normalized spacial score (nSPS) is 21.4. The highest BCUT2D eigenvalue weighted by atomic mass is 16.5. The molecule has 1 N–H and O–H groups in total. The summed E-state index contributed by atoms with van der Waals surface area (Å²) in [6.07, 6.45) is 5.33. The monoisotopic (exact) mass is 354 g/mol. The number of phenolic OH excluding ortho intramolecular Hbond substituents is 1. The molecular formula is C20H22N2O4. The standard InChI is InChI=1S/C20H22N2O4/c23-17-3-1-2-16(10-17)19(24)22-13-20(14-22)11-18(6-9-26-20)25-12-15-4-7-21-8-5-15/h1-5,7-8,10,18,23H,6,9,11-14H2/t18-/m0/s1. The topological polar surface area (TPSA) is 71.9 Å². The summed E-state index contributed by atoms with van der Waals surface area (Å²) in [6.45, 7) is 2.34. The molecule has 0 unspecified atom stereocenters. The molecule has 0 aliphatic carbocycles. The molecule has 136 valence electrons. The molecule has 2 aliphatic heterocycles. The van der Waals surface area contributed by atoms with Crippen molar-refractivity contribution >= 4 is 5.91 Å². The zero-order chi connectivity index (χ0) is 18.0. The van der Waals surface area contributed by atoms with Crippen LogP contribution < -0.4 is 0 Å². The van der Waals surface area contributed by atoms with Crippen LogP contribution in [0.5, 0.6) is 5.75 Å². The predicted molar refractivity (Wildman–Crippen MR) is 94.7 cm³/mol. The van der Waals surface area contributed by atoms with Crippen LogP contribution in [0.4, 0.5) is 0 Å². The Kier molecular flexibility index (Phi) is 4.61. The third kappa shape index (κ3) is 3.57. The van der Waals surface area contributed by atoms with Crippen molar-refractivity contribution < 1.29 is 19.4 Å². The van der Waals surface area contributed by atoms with Crippen LogP contribution in [0.3, 0.4) is 0 Å². The van der Waals surface area contributed by atoms with Crippen molar-refractivity contribution in [1.82, 2.24) is 9.88 Å². The van der Waals surface area contributed by atoms with Crippen LogP contribution >= 0.6 is 0 Å². The molecule has 0 bridgehead atoms. The number of amides is 1. The Morgan fingerprint density at radius 3 is 2.88 bits per heavy atom. The number of nitrogens with zero attached hydrogens (tertiary/aromatic N) is 2. The molecule has 2 fully saturated rings. The SMILES string of the molecule is O=C(c1cccc(O)c1)N1CC2(C[C@@H](OCc3ccncc3)CCO2)C1. The zero-order valence-corrected chi connectivity index (χ0v) is 14.5. The van der Waals surface area contributed by atoms with Crippen molar-refractivity contribution in [2.75, 3.05) is 19.7 Å². The van der Waals surface area contributed by atoms with Gasteiger partial charge in [0.2, 0.25) is 0 Å². The Balaban J connectivity index is 1.32. The number of likely N-dealkylation sites (tertiary alicyclic amines) is 1. The van der Waals surface area contributed by atoms with E-state index < -0.39 is 0 Å². The fourth-order valence-electron chi connectivity index (χ4n) is 3.65. The minimum Gasteiger partial charge on any atom is -0.508 e. The van der Waals surface area contributed by atoms with Gasteiger partial charge in [0.15, 0.2) is 0 Å². The molecule has 1 atom stereocenters. The van der Waals surface area contributed by atoms with Crippen molar-refractivity contribution in [2.45, 2.75) is 31.2 Å². The van der Waals surface area contributed by atoms with Crippen molar-refractivity contribution in [3.63, 3.8) is 0 Å². The quantitative estimate of drug-likeness (QED) is 0.913. The van der Waals surface area contributed by atoms with Gasteiger partial charge in [0.25, 0.3) is 5.91 Å². The first-order valence-electron chi connectivity index (χ1n) is 8.86. The smallest absolute Gasteiger partial charge is 0.254 e. The molecule has 0 radical (unpaired) electrons. The molecule has 6 heteroatoms. The van der Waals surface area contributed by atoms with Gasteiger partial charge in [0.05, 0.1) is 25.8 Å². The number of pyridine rings is 1. The minimum atomic E-state index is -0.298. The van der Waals surface area contributed by atoms with Gasteiger partial charge >= 0.3 is 0 Å². The number of ether oxygens (including phenoxy) is 2. The minimum absolute atomic E-state index is 0.0741. The summed E-state index contributed by atoms with van der Waals surface area (Å²) in [4.78, 5) is 18.3. The lowest BCUT2D eigenvalue weighted by molar-refractivity contribution is -0.188. The molecule has 26 heavy (non-hydrogen) atoms. The van der Waals surface area contributed by atoms with E-state index in [1.807, 2.05) is 12.1 Å². The van der Waals surface area contributed by atoms with Gasteiger partial charge in [-0.2, -0.15) is 0 Å². The lowest BCUT2D eigenvalue weighted by atomic mass is 9.84. The van der Waals surface area contributed by atoms with Crippen LogP contribution in [0.15, 0.2) is 48.8 Å². The summed E-state index contributed by atoms with van der Waals surface area (Å²) in [6, 6.07) is 10.4. The van der Waals surface area contributed by atoms with Gasteiger partial charge in [-0.25, -0.2) is 0 Å². The van der Waals surface area contributed by atoms with Gasteiger partial charge in [-0.15, -0.1) is 0 Å². The maximum absolute atomic E-state index is 12.5. The molecule has 1 aromatic carbocycles. The molecule has 4 rings (SSSR count). The Labute approximate surface area is 152 Å². The Bertz CT molecular complexity index is 774. The highest BCUT2D eigenvalue weighted by Crippen LogP contribution is 2.36. The summed E-state index contributed by atoms with van der Waals surface area (Å²) >= 11 is 0. The van der Waals surface area contributed by atoms with Crippen molar-refractivity contribution in [3.8, 4) is 5.75 Å². The van der Waals surface area contributed by atoms with Gasteiger partial charge in [-0.05, 0) is 42.3 Å². The van der Waals surface area contributed by atoms with Crippen molar-refractivity contribution in [2.24, 2.45) is 0 Å². The lowest BCUT2D eigenvalue weighted by Crippen LogP contribution is -2.67. The summed E-state index contributed by atoms with van der Waals surface area (Å²) in [5.41, 5.74) is 1.31. The van der Waals surface area contributed by atoms with E-state index in [4.69, 9.17) is 9.47 Å². The summed E-state index contributed by atoms with van der Waals surface area (Å²) in [5.74, 6) is 0.0273. The van der Waals surface area contributed by atoms with Crippen LogP contribution in [-0.4, -0.2) is 52.3 Å². The molecule has 2 aromatic rings. The van der Waals surface area contributed by atoms with Crippen molar-refractivity contribution in [3.05, 3.63) is 59.9 Å². The number of benzene rings is 1. The Morgan fingerprint density at radius 2 is 2.12 bits per heavy atom. The van der Waals surface area contributed by atoms with Gasteiger partial charge in [-0.3, -0.25) is 9.78 Å². The number of aromatic nitrogens is 1. The zero-order valence-electron chi connectivity index (χ0n) is 14.5. The highest BCUT2D eigenvalue weighted by molar-refractivity contribution is 5.95.